The molecule has 0 unspecified atom stereocenters. The smallest absolute Gasteiger partial charge is 0.381 e. The zero-order valence-electron chi connectivity index (χ0n) is 16.9. The van der Waals surface area contributed by atoms with Crippen LogP contribution in [0.3, 0.4) is 0 Å². The van der Waals surface area contributed by atoms with Gasteiger partial charge in [-0.1, -0.05) is 0 Å². The molecule has 168 valence electrons. The molecule has 1 saturated heterocycles. The summed E-state index contributed by atoms with van der Waals surface area (Å²) in [6.07, 6.45) is -0.262. The molecule has 2 rings (SSSR count). The fourth-order valence-corrected chi connectivity index (χ4v) is 2.94. The van der Waals surface area contributed by atoms with E-state index in [1.807, 2.05) is 6.92 Å². The highest BCUT2D eigenvalue weighted by Gasteiger charge is 2.36. The Balaban J connectivity index is 0.00000420. The number of aromatic nitrogens is 2. The van der Waals surface area contributed by atoms with Crippen LogP contribution in [-0.2, 0) is 29.2 Å². The summed E-state index contributed by atoms with van der Waals surface area (Å²) in [7, 11) is 1.46. The Bertz CT molecular complexity index is 619. The molecule has 0 bridgehead atoms. The van der Waals surface area contributed by atoms with E-state index in [4.69, 9.17) is 9.47 Å². The molecule has 29 heavy (non-hydrogen) atoms. The molecule has 0 radical (unpaired) electrons. The zero-order chi connectivity index (χ0) is 20.4. The summed E-state index contributed by atoms with van der Waals surface area (Å²) in [4.78, 5) is 4.25. The fourth-order valence-electron chi connectivity index (χ4n) is 2.94. The lowest BCUT2D eigenvalue weighted by atomic mass is 10.0. The van der Waals surface area contributed by atoms with Gasteiger partial charge in [0.2, 0.25) is 0 Å². The van der Waals surface area contributed by atoms with Crippen molar-refractivity contribution < 1.29 is 22.6 Å². The second-order valence-electron chi connectivity index (χ2n) is 6.78. The highest BCUT2D eigenvalue weighted by atomic mass is 127. The van der Waals surface area contributed by atoms with Crippen molar-refractivity contribution in [2.24, 2.45) is 18.0 Å². The average molecular weight is 533 g/mol. The highest BCUT2D eigenvalue weighted by Crippen LogP contribution is 2.30. The van der Waals surface area contributed by atoms with Crippen LogP contribution in [0.1, 0.15) is 37.4 Å². The molecular formula is C18H31F3IN5O2. The van der Waals surface area contributed by atoms with Gasteiger partial charge in [0.1, 0.15) is 0 Å². The molecule has 11 heteroatoms. The zero-order valence-corrected chi connectivity index (χ0v) is 19.3. The lowest BCUT2D eigenvalue weighted by Gasteiger charge is -2.21. The predicted molar refractivity (Wildman–Crippen MR) is 115 cm³/mol. The van der Waals surface area contributed by atoms with Crippen molar-refractivity contribution in [3.63, 3.8) is 0 Å². The van der Waals surface area contributed by atoms with Gasteiger partial charge >= 0.3 is 6.18 Å². The van der Waals surface area contributed by atoms with Crippen molar-refractivity contribution in [1.82, 2.24) is 20.4 Å². The number of nitrogens with one attached hydrogen (secondary N) is 2. The molecule has 2 heterocycles. The molecule has 0 amide bonds. The van der Waals surface area contributed by atoms with Gasteiger partial charge in [-0.15, -0.1) is 24.0 Å². The van der Waals surface area contributed by atoms with Gasteiger partial charge in [-0.3, -0.25) is 4.68 Å². The Morgan fingerprint density at radius 1 is 1.34 bits per heavy atom. The summed E-state index contributed by atoms with van der Waals surface area (Å²) < 4.78 is 51.2. The predicted octanol–water partition coefficient (Wildman–Crippen LogP) is 2.95. The SMILES string of the molecule is CCNC(=NCc1cn(C)nc1C(F)(F)F)NCCCOCC1CCOCC1.I. The highest BCUT2D eigenvalue weighted by molar-refractivity contribution is 14.0. The molecule has 2 N–H and O–H groups in total. The molecule has 7 nitrogen and oxygen atoms in total. The Morgan fingerprint density at radius 3 is 2.72 bits per heavy atom. The van der Waals surface area contributed by atoms with Crippen LogP contribution in [-0.4, -0.2) is 55.3 Å². The van der Waals surface area contributed by atoms with Crippen LogP contribution in [0, 0.1) is 5.92 Å². The summed E-state index contributed by atoms with van der Waals surface area (Å²) >= 11 is 0. The van der Waals surface area contributed by atoms with Crippen LogP contribution in [0.25, 0.3) is 0 Å². The lowest BCUT2D eigenvalue weighted by Crippen LogP contribution is -2.38. The summed E-state index contributed by atoms with van der Waals surface area (Å²) in [6, 6.07) is 0. The van der Waals surface area contributed by atoms with E-state index in [-0.39, 0.29) is 36.1 Å². The fraction of sp³-hybridized carbons (Fsp3) is 0.778. The summed E-state index contributed by atoms with van der Waals surface area (Å²) in [5, 5.41) is 9.66. The van der Waals surface area contributed by atoms with Crippen molar-refractivity contribution in [2.45, 2.75) is 38.9 Å². The normalized spacial score (nSPS) is 15.8. The average Bonchev–Trinajstić information content (AvgIpc) is 3.04. The van der Waals surface area contributed by atoms with E-state index < -0.39 is 11.9 Å². The summed E-state index contributed by atoms with van der Waals surface area (Å²) in [5.41, 5.74) is -0.844. The summed E-state index contributed by atoms with van der Waals surface area (Å²) in [5.74, 6) is 1.05. The second kappa shape index (κ2) is 13.3. The number of guanidine groups is 1. The van der Waals surface area contributed by atoms with Gasteiger partial charge < -0.3 is 20.1 Å². The second-order valence-corrected chi connectivity index (χ2v) is 6.78. The van der Waals surface area contributed by atoms with Gasteiger partial charge in [0.15, 0.2) is 11.7 Å². The number of halogens is 4. The molecular weight excluding hydrogens is 502 g/mol. The largest absolute Gasteiger partial charge is 0.435 e. The maximum atomic E-state index is 13.0. The maximum Gasteiger partial charge on any atom is 0.435 e. The first-order valence-corrected chi connectivity index (χ1v) is 9.67. The Kier molecular flexibility index (Phi) is 11.9. The van der Waals surface area contributed by atoms with Crippen LogP contribution >= 0.6 is 24.0 Å². The van der Waals surface area contributed by atoms with Crippen LogP contribution in [0.5, 0.6) is 0 Å². The molecule has 0 aliphatic carbocycles. The van der Waals surface area contributed by atoms with Crippen LogP contribution in [0.15, 0.2) is 11.2 Å². The van der Waals surface area contributed by atoms with Crippen LogP contribution < -0.4 is 10.6 Å². The third-order valence-electron chi connectivity index (χ3n) is 4.38. The van der Waals surface area contributed by atoms with Gasteiger partial charge in [0.25, 0.3) is 0 Å². The number of hydrogen-bond donors (Lipinski definition) is 2. The molecule has 1 aliphatic rings. The Hall–Kier alpha value is -1.08. The standard InChI is InChI=1S/C18H30F3N5O2.HI/c1-3-22-17(23-7-4-8-28-13-14-5-9-27-10-6-14)24-11-15-12-26(2)25-16(15)18(19,20)21;/h12,14H,3-11,13H2,1-2H3,(H2,22,23,24);1H. The van der Waals surface area contributed by atoms with Crippen molar-refractivity contribution in [2.75, 3.05) is 39.5 Å². The lowest BCUT2D eigenvalue weighted by molar-refractivity contribution is -0.142. The van der Waals surface area contributed by atoms with Gasteiger partial charge in [-0.2, -0.15) is 18.3 Å². The molecule has 0 spiro atoms. The van der Waals surface area contributed by atoms with E-state index in [1.54, 1.807) is 0 Å². The number of hydrogen-bond acceptors (Lipinski definition) is 4. The topological polar surface area (TPSA) is 72.7 Å². The van der Waals surface area contributed by atoms with Crippen LogP contribution in [0.4, 0.5) is 13.2 Å². The maximum absolute atomic E-state index is 13.0. The minimum absolute atomic E-state index is 0. The first-order valence-electron chi connectivity index (χ1n) is 9.67. The first kappa shape index (κ1) is 26.0. The Morgan fingerprint density at radius 2 is 2.07 bits per heavy atom. The third kappa shape index (κ3) is 9.51. The molecule has 0 atom stereocenters. The number of ether oxygens (including phenoxy) is 2. The summed E-state index contributed by atoms with van der Waals surface area (Å²) in [6.45, 7) is 6.04. The van der Waals surface area contributed by atoms with E-state index in [1.165, 1.54) is 13.2 Å². The van der Waals surface area contributed by atoms with Crippen molar-refractivity contribution in [3.8, 4) is 0 Å². The molecule has 1 aromatic rings. The molecule has 0 aromatic carbocycles. The van der Waals surface area contributed by atoms with Gasteiger partial charge in [-0.25, -0.2) is 4.99 Å². The van der Waals surface area contributed by atoms with E-state index >= 15 is 0 Å². The minimum Gasteiger partial charge on any atom is -0.381 e. The quantitative estimate of drug-likeness (QED) is 0.221. The first-order chi connectivity index (χ1) is 13.4. The Labute approximate surface area is 186 Å². The number of aliphatic imine (C=N–C) groups is 1. The molecule has 0 saturated carbocycles. The molecule has 1 aromatic heterocycles. The van der Waals surface area contributed by atoms with E-state index in [2.05, 4.69) is 20.7 Å². The number of aryl methyl sites for hydroxylation is 1. The molecule has 1 fully saturated rings. The third-order valence-corrected chi connectivity index (χ3v) is 4.38. The van der Waals surface area contributed by atoms with E-state index in [9.17, 15) is 13.2 Å². The number of alkyl halides is 3. The van der Waals surface area contributed by atoms with Gasteiger partial charge in [-0.05, 0) is 32.1 Å². The number of nitrogens with zero attached hydrogens (tertiary/aromatic N) is 3. The molecule has 1 aliphatic heterocycles. The minimum atomic E-state index is -4.49. The number of rotatable bonds is 9. The van der Waals surface area contributed by atoms with E-state index in [0.717, 1.165) is 43.8 Å². The van der Waals surface area contributed by atoms with Crippen molar-refractivity contribution in [3.05, 3.63) is 17.5 Å². The van der Waals surface area contributed by atoms with Crippen molar-refractivity contribution in [1.29, 1.82) is 0 Å². The van der Waals surface area contributed by atoms with E-state index in [0.29, 0.717) is 31.6 Å². The van der Waals surface area contributed by atoms with Gasteiger partial charge in [0, 0.05) is 58.3 Å². The van der Waals surface area contributed by atoms with Crippen LogP contribution in [0.2, 0.25) is 0 Å². The van der Waals surface area contributed by atoms with Crippen molar-refractivity contribution >= 4 is 29.9 Å². The van der Waals surface area contributed by atoms with Gasteiger partial charge in [0.05, 0.1) is 6.54 Å². The monoisotopic (exact) mass is 533 g/mol.